The SMILES string of the molecule is CC1CCN(c2nnc(SC(C)C)n2CC2CCCO2)CC1. The Morgan fingerprint density at radius 2 is 2.00 bits per heavy atom. The van der Waals surface area contributed by atoms with Gasteiger partial charge in [0.25, 0.3) is 0 Å². The van der Waals surface area contributed by atoms with E-state index in [0.717, 1.165) is 49.7 Å². The minimum atomic E-state index is 0.324. The topological polar surface area (TPSA) is 43.2 Å². The van der Waals surface area contributed by atoms with Crippen LogP contribution in [0.15, 0.2) is 5.16 Å². The molecule has 1 atom stereocenters. The number of thioether (sulfide) groups is 1. The van der Waals surface area contributed by atoms with Gasteiger partial charge in [0, 0.05) is 24.9 Å². The summed E-state index contributed by atoms with van der Waals surface area (Å²) in [4.78, 5) is 2.41. The minimum Gasteiger partial charge on any atom is -0.376 e. The maximum absolute atomic E-state index is 5.84. The van der Waals surface area contributed by atoms with Crippen LogP contribution >= 0.6 is 11.8 Å². The maximum Gasteiger partial charge on any atom is 0.228 e. The summed E-state index contributed by atoms with van der Waals surface area (Å²) in [5.74, 6) is 1.88. The van der Waals surface area contributed by atoms with Gasteiger partial charge in [-0.2, -0.15) is 0 Å². The second-order valence-electron chi connectivity index (χ2n) is 6.86. The molecule has 0 bridgehead atoms. The molecule has 1 aromatic heterocycles. The van der Waals surface area contributed by atoms with Gasteiger partial charge in [0.15, 0.2) is 5.16 Å². The molecule has 124 valence electrons. The van der Waals surface area contributed by atoms with Crippen LogP contribution in [0, 0.1) is 5.92 Å². The summed E-state index contributed by atoms with van der Waals surface area (Å²) in [5.41, 5.74) is 0. The van der Waals surface area contributed by atoms with Crippen molar-refractivity contribution in [2.24, 2.45) is 5.92 Å². The van der Waals surface area contributed by atoms with E-state index < -0.39 is 0 Å². The lowest BCUT2D eigenvalue weighted by atomic mass is 10.00. The molecule has 0 amide bonds. The molecule has 0 radical (unpaired) electrons. The quantitative estimate of drug-likeness (QED) is 0.778. The molecule has 1 aromatic rings. The van der Waals surface area contributed by atoms with Crippen LogP contribution in [0.25, 0.3) is 0 Å². The average molecular weight is 324 g/mol. The van der Waals surface area contributed by atoms with Crippen molar-refractivity contribution in [2.75, 3.05) is 24.6 Å². The molecular formula is C16H28N4OS. The van der Waals surface area contributed by atoms with Crippen LogP contribution in [-0.4, -0.2) is 45.8 Å². The molecule has 2 saturated heterocycles. The molecule has 5 nitrogen and oxygen atoms in total. The van der Waals surface area contributed by atoms with Crippen LogP contribution in [0.1, 0.15) is 46.5 Å². The highest BCUT2D eigenvalue weighted by atomic mass is 32.2. The Hall–Kier alpha value is -0.750. The van der Waals surface area contributed by atoms with Crippen molar-refractivity contribution in [3.8, 4) is 0 Å². The Balaban J connectivity index is 1.79. The van der Waals surface area contributed by atoms with Gasteiger partial charge >= 0.3 is 0 Å². The van der Waals surface area contributed by atoms with Gasteiger partial charge < -0.3 is 9.64 Å². The zero-order valence-electron chi connectivity index (χ0n) is 14.0. The van der Waals surface area contributed by atoms with Crippen LogP contribution in [0.4, 0.5) is 5.95 Å². The van der Waals surface area contributed by atoms with Gasteiger partial charge in [-0.25, -0.2) is 0 Å². The lowest BCUT2D eigenvalue weighted by molar-refractivity contribution is 0.0951. The molecule has 6 heteroatoms. The third-order valence-corrected chi connectivity index (χ3v) is 5.50. The molecule has 3 heterocycles. The number of hydrogen-bond acceptors (Lipinski definition) is 5. The van der Waals surface area contributed by atoms with Gasteiger partial charge in [0.05, 0.1) is 12.6 Å². The number of aromatic nitrogens is 3. The minimum absolute atomic E-state index is 0.324. The van der Waals surface area contributed by atoms with Crippen LogP contribution in [0.5, 0.6) is 0 Å². The van der Waals surface area contributed by atoms with Gasteiger partial charge in [-0.3, -0.25) is 4.57 Å². The number of ether oxygens (including phenoxy) is 1. The Kier molecular flexibility index (Phi) is 5.29. The highest BCUT2D eigenvalue weighted by Gasteiger charge is 2.26. The van der Waals surface area contributed by atoms with E-state index in [1.807, 2.05) is 0 Å². The molecule has 2 aliphatic rings. The summed E-state index contributed by atoms with van der Waals surface area (Å²) in [6.07, 6.45) is 5.15. The van der Waals surface area contributed by atoms with E-state index in [9.17, 15) is 0 Å². The van der Waals surface area contributed by atoms with E-state index >= 15 is 0 Å². The number of anilines is 1. The third kappa shape index (κ3) is 3.77. The Bertz CT molecular complexity index is 476. The lowest BCUT2D eigenvalue weighted by Crippen LogP contribution is -2.35. The Morgan fingerprint density at radius 1 is 1.23 bits per heavy atom. The van der Waals surface area contributed by atoms with Crippen molar-refractivity contribution in [3.63, 3.8) is 0 Å². The smallest absolute Gasteiger partial charge is 0.228 e. The van der Waals surface area contributed by atoms with Crippen LogP contribution in [0.3, 0.4) is 0 Å². The summed E-state index contributed by atoms with van der Waals surface area (Å²) >= 11 is 1.80. The summed E-state index contributed by atoms with van der Waals surface area (Å²) in [6.45, 7) is 10.7. The summed E-state index contributed by atoms with van der Waals surface area (Å²) in [6, 6.07) is 0. The Morgan fingerprint density at radius 3 is 2.64 bits per heavy atom. The maximum atomic E-state index is 5.84. The van der Waals surface area contributed by atoms with Gasteiger partial charge in [0.2, 0.25) is 5.95 Å². The molecule has 0 aliphatic carbocycles. The fourth-order valence-electron chi connectivity index (χ4n) is 3.17. The van der Waals surface area contributed by atoms with E-state index in [1.165, 1.54) is 19.3 Å². The largest absolute Gasteiger partial charge is 0.376 e. The molecule has 0 N–H and O–H groups in total. The molecule has 0 spiro atoms. The van der Waals surface area contributed by atoms with Crippen molar-refractivity contribution in [1.29, 1.82) is 0 Å². The molecule has 22 heavy (non-hydrogen) atoms. The first kappa shape index (κ1) is 16.1. The fourth-order valence-corrected chi connectivity index (χ4v) is 3.97. The zero-order valence-corrected chi connectivity index (χ0v) is 14.8. The second-order valence-corrected chi connectivity index (χ2v) is 8.41. The molecule has 0 saturated carbocycles. The van der Waals surface area contributed by atoms with E-state index in [2.05, 4.69) is 40.4 Å². The second kappa shape index (κ2) is 7.21. The summed E-state index contributed by atoms with van der Waals surface area (Å²) < 4.78 is 8.14. The third-order valence-electron chi connectivity index (χ3n) is 4.52. The predicted octanol–water partition coefficient (Wildman–Crippen LogP) is 3.19. The van der Waals surface area contributed by atoms with E-state index in [0.29, 0.717) is 11.4 Å². The first-order chi connectivity index (χ1) is 10.6. The van der Waals surface area contributed by atoms with Gasteiger partial charge in [-0.05, 0) is 31.6 Å². The first-order valence-corrected chi connectivity index (χ1v) is 9.48. The summed E-state index contributed by atoms with van der Waals surface area (Å²) in [7, 11) is 0. The van der Waals surface area contributed by atoms with Crippen molar-refractivity contribution in [1.82, 2.24) is 14.8 Å². The van der Waals surface area contributed by atoms with Crippen LogP contribution < -0.4 is 4.90 Å². The van der Waals surface area contributed by atoms with Crippen molar-refractivity contribution in [3.05, 3.63) is 0 Å². The molecule has 2 fully saturated rings. The van der Waals surface area contributed by atoms with Crippen molar-refractivity contribution in [2.45, 2.75) is 69.5 Å². The van der Waals surface area contributed by atoms with Crippen molar-refractivity contribution >= 4 is 17.7 Å². The number of nitrogens with zero attached hydrogens (tertiary/aromatic N) is 4. The first-order valence-electron chi connectivity index (χ1n) is 8.60. The lowest BCUT2D eigenvalue weighted by Gasteiger charge is -2.31. The normalized spacial score (nSPS) is 23.6. The van der Waals surface area contributed by atoms with Gasteiger partial charge in [0.1, 0.15) is 0 Å². The van der Waals surface area contributed by atoms with Crippen molar-refractivity contribution < 1.29 is 4.74 Å². The monoisotopic (exact) mass is 324 g/mol. The van der Waals surface area contributed by atoms with Crippen LogP contribution in [0.2, 0.25) is 0 Å². The van der Waals surface area contributed by atoms with Gasteiger partial charge in [-0.1, -0.05) is 32.5 Å². The zero-order chi connectivity index (χ0) is 15.5. The molecule has 2 aliphatic heterocycles. The molecule has 3 rings (SSSR count). The molecule has 1 unspecified atom stereocenters. The van der Waals surface area contributed by atoms with E-state index in [4.69, 9.17) is 4.74 Å². The standard InChI is InChI=1S/C16H28N4OS/c1-12(2)22-16-18-17-15(19-8-6-13(3)7-9-19)20(16)11-14-5-4-10-21-14/h12-14H,4-11H2,1-3H3. The van der Waals surface area contributed by atoms with Gasteiger partial charge in [-0.15, -0.1) is 10.2 Å². The summed E-state index contributed by atoms with van der Waals surface area (Å²) in [5, 5.41) is 10.6. The van der Waals surface area contributed by atoms with E-state index in [-0.39, 0.29) is 0 Å². The molecule has 0 aromatic carbocycles. The predicted molar refractivity (Wildman–Crippen MR) is 90.6 cm³/mol. The highest BCUT2D eigenvalue weighted by Crippen LogP contribution is 2.29. The number of piperidine rings is 1. The molecular weight excluding hydrogens is 296 g/mol. The average Bonchev–Trinajstić information content (AvgIpc) is 3.11. The fraction of sp³-hybridized carbons (Fsp3) is 0.875. The number of rotatable bonds is 5. The Labute approximate surface area is 137 Å². The highest BCUT2D eigenvalue weighted by molar-refractivity contribution is 7.99. The van der Waals surface area contributed by atoms with E-state index in [1.54, 1.807) is 11.8 Å². The number of hydrogen-bond donors (Lipinski definition) is 0. The van der Waals surface area contributed by atoms with Crippen LogP contribution in [-0.2, 0) is 11.3 Å².